The third kappa shape index (κ3) is 2.93. The van der Waals surface area contributed by atoms with Gasteiger partial charge in [0.1, 0.15) is 0 Å². The van der Waals surface area contributed by atoms with Gasteiger partial charge >= 0.3 is 0 Å². The lowest BCUT2D eigenvalue weighted by Gasteiger charge is -2.35. The van der Waals surface area contributed by atoms with E-state index in [1.807, 2.05) is 13.0 Å². The topological polar surface area (TPSA) is 62.4 Å². The molecule has 1 saturated heterocycles. The number of pyridine rings is 1. The monoisotopic (exact) mass is 221 g/mol. The Balaban J connectivity index is 1.92. The van der Waals surface area contributed by atoms with Gasteiger partial charge in [0.25, 0.3) is 0 Å². The van der Waals surface area contributed by atoms with Crippen LogP contribution in [0, 0.1) is 0 Å². The van der Waals surface area contributed by atoms with E-state index >= 15 is 0 Å². The maximum Gasteiger partial charge on any atom is 0.0644 e. The molecule has 0 radical (unpaired) electrons. The number of nitrogens with zero attached hydrogens (tertiary/aromatic N) is 2. The Bertz CT molecular complexity index is 355. The van der Waals surface area contributed by atoms with Gasteiger partial charge in [0.15, 0.2) is 0 Å². The number of piperidine rings is 1. The van der Waals surface area contributed by atoms with Crippen LogP contribution >= 0.6 is 0 Å². The van der Waals surface area contributed by atoms with E-state index in [2.05, 4.69) is 9.88 Å². The summed E-state index contributed by atoms with van der Waals surface area (Å²) in [4.78, 5) is 6.59. The van der Waals surface area contributed by atoms with Crippen LogP contribution in [0.3, 0.4) is 0 Å². The molecule has 0 atom stereocenters. The first-order valence-electron chi connectivity index (χ1n) is 5.70. The highest BCUT2D eigenvalue weighted by atomic mass is 16.3. The van der Waals surface area contributed by atoms with Crippen LogP contribution < -0.4 is 5.73 Å². The van der Waals surface area contributed by atoms with Crippen molar-refractivity contribution in [3.63, 3.8) is 0 Å². The molecule has 16 heavy (non-hydrogen) atoms. The molecule has 0 aromatic carbocycles. The van der Waals surface area contributed by atoms with Crippen LogP contribution in [-0.2, 0) is 6.54 Å². The molecule has 2 heterocycles. The Morgan fingerprint density at radius 2 is 2.19 bits per heavy atom. The van der Waals surface area contributed by atoms with Crippen LogP contribution in [0.4, 0.5) is 5.69 Å². The van der Waals surface area contributed by atoms with Gasteiger partial charge in [-0.05, 0) is 31.9 Å². The average Bonchev–Trinajstić information content (AvgIpc) is 2.21. The largest absolute Gasteiger partial charge is 0.399 e. The van der Waals surface area contributed by atoms with Gasteiger partial charge in [-0.2, -0.15) is 0 Å². The Kier molecular flexibility index (Phi) is 3.12. The number of aromatic nitrogens is 1. The van der Waals surface area contributed by atoms with E-state index in [1.54, 1.807) is 12.3 Å². The van der Waals surface area contributed by atoms with Gasteiger partial charge in [-0.1, -0.05) is 0 Å². The summed E-state index contributed by atoms with van der Waals surface area (Å²) in [7, 11) is 0. The van der Waals surface area contributed by atoms with Gasteiger partial charge in [-0.25, -0.2) is 0 Å². The first-order chi connectivity index (χ1) is 7.55. The lowest BCUT2D eigenvalue weighted by molar-refractivity contribution is -0.00757. The summed E-state index contributed by atoms with van der Waals surface area (Å²) in [5.74, 6) is 0. The standard InChI is InChI=1S/C12H19N3O/c1-12(16)3-6-15(7-4-12)9-11-8-10(13)2-5-14-11/h2,5,8,16H,3-4,6-7,9H2,1H3,(H2,13,14). The zero-order valence-electron chi connectivity index (χ0n) is 9.69. The Morgan fingerprint density at radius 1 is 1.50 bits per heavy atom. The molecule has 1 fully saturated rings. The molecule has 4 heteroatoms. The molecule has 3 N–H and O–H groups in total. The zero-order valence-corrected chi connectivity index (χ0v) is 9.69. The zero-order chi connectivity index (χ0) is 11.6. The van der Waals surface area contributed by atoms with Crippen molar-refractivity contribution in [2.24, 2.45) is 0 Å². The second kappa shape index (κ2) is 4.39. The summed E-state index contributed by atoms with van der Waals surface area (Å²) in [5.41, 5.74) is 6.98. The lowest BCUT2D eigenvalue weighted by atomic mass is 9.94. The van der Waals surface area contributed by atoms with E-state index in [0.717, 1.165) is 43.9 Å². The van der Waals surface area contributed by atoms with Crippen molar-refractivity contribution < 1.29 is 5.11 Å². The number of aliphatic hydroxyl groups is 1. The van der Waals surface area contributed by atoms with Crippen molar-refractivity contribution in [3.8, 4) is 0 Å². The first kappa shape index (κ1) is 11.4. The number of anilines is 1. The van der Waals surface area contributed by atoms with Gasteiger partial charge < -0.3 is 10.8 Å². The molecule has 2 rings (SSSR count). The third-order valence-electron chi connectivity index (χ3n) is 3.16. The molecule has 4 nitrogen and oxygen atoms in total. The minimum atomic E-state index is -0.486. The molecule has 88 valence electrons. The maximum atomic E-state index is 9.84. The molecule has 0 amide bonds. The number of likely N-dealkylation sites (tertiary alicyclic amines) is 1. The number of nitrogen functional groups attached to an aromatic ring is 1. The SMILES string of the molecule is CC1(O)CCN(Cc2cc(N)ccn2)CC1. The van der Waals surface area contributed by atoms with Crippen molar-refractivity contribution in [3.05, 3.63) is 24.0 Å². The fourth-order valence-corrected chi connectivity index (χ4v) is 2.01. The first-order valence-corrected chi connectivity index (χ1v) is 5.70. The summed E-state index contributed by atoms with van der Waals surface area (Å²) < 4.78 is 0. The molecule has 0 saturated carbocycles. The second-order valence-corrected chi connectivity index (χ2v) is 4.85. The van der Waals surface area contributed by atoms with E-state index in [-0.39, 0.29) is 0 Å². The number of nitrogens with two attached hydrogens (primary N) is 1. The van der Waals surface area contributed by atoms with E-state index in [9.17, 15) is 5.11 Å². The smallest absolute Gasteiger partial charge is 0.0644 e. The van der Waals surface area contributed by atoms with Crippen molar-refractivity contribution in [1.29, 1.82) is 0 Å². The fourth-order valence-electron chi connectivity index (χ4n) is 2.01. The second-order valence-electron chi connectivity index (χ2n) is 4.85. The molecule has 1 aliphatic heterocycles. The molecule has 1 aromatic heterocycles. The van der Waals surface area contributed by atoms with Gasteiger partial charge in [0, 0.05) is 31.5 Å². The Labute approximate surface area is 96.1 Å². The van der Waals surface area contributed by atoms with Crippen molar-refractivity contribution >= 4 is 5.69 Å². The fraction of sp³-hybridized carbons (Fsp3) is 0.583. The summed E-state index contributed by atoms with van der Waals surface area (Å²) in [6, 6.07) is 3.71. The maximum absolute atomic E-state index is 9.84. The molecule has 1 aliphatic rings. The number of hydrogen-bond acceptors (Lipinski definition) is 4. The van der Waals surface area contributed by atoms with Gasteiger partial charge in [-0.3, -0.25) is 9.88 Å². The molecule has 0 bridgehead atoms. The molecule has 1 aromatic rings. The van der Waals surface area contributed by atoms with E-state index < -0.39 is 5.60 Å². The predicted molar refractivity (Wildman–Crippen MR) is 63.8 cm³/mol. The minimum Gasteiger partial charge on any atom is -0.399 e. The average molecular weight is 221 g/mol. The van der Waals surface area contributed by atoms with Crippen LogP contribution in [0.25, 0.3) is 0 Å². The molecule has 0 aliphatic carbocycles. The van der Waals surface area contributed by atoms with Gasteiger partial charge in [0.2, 0.25) is 0 Å². The summed E-state index contributed by atoms with van der Waals surface area (Å²) >= 11 is 0. The quantitative estimate of drug-likeness (QED) is 0.782. The van der Waals surface area contributed by atoms with Crippen LogP contribution in [-0.4, -0.2) is 33.7 Å². The van der Waals surface area contributed by atoms with Crippen molar-refractivity contribution in [2.75, 3.05) is 18.8 Å². The summed E-state index contributed by atoms with van der Waals surface area (Å²) in [6.45, 7) is 4.57. The third-order valence-corrected chi connectivity index (χ3v) is 3.16. The molecular weight excluding hydrogens is 202 g/mol. The molecular formula is C12H19N3O. The van der Waals surface area contributed by atoms with Crippen LogP contribution in [0.1, 0.15) is 25.5 Å². The van der Waals surface area contributed by atoms with Gasteiger partial charge in [-0.15, -0.1) is 0 Å². The van der Waals surface area contributed by atoms with Gasteiger partial charge in [0.05, 0.1) is 11.3 Å². The minimum absolute atomic E-state index is 0.486. The predicted octanol–water partition coefficient (Wildman–Crippen LogP) is 1.01. The summed E-state index contributed by atoms with van der Waals surface area (Å²) in [5, 5.41) is 9.84. The van der Waals surface area contributed by atoms with E-state index in [1.165, 1.54) is 0 Å². The van der Waals surface area contributed by atoms with Crippen LogP contribution in [0.2, 0.25) is 0 Å². The Hall–Kier alpha value is -1.13. The molecule has 0 unspecified atom stereocenters. The van der Waals surface area contributed by atoms with E-state index in [4.69, 9.17) is 5.73 Å². The van der Waals surface area contributed by atoms with E-state index in [0.29, 0.717) is 0 Å². The highest BCUT2D eigenvalue weighted by Gasteiger charge is 2.27. The number of rotatable bonds is 2. The van der Waals surface area contributed by atoms with Crippen molar-refractivity contribution in [1.82, 2.24) is 9.88 Å². The highest BCUT2D eigenvalue weighted by molar-refractivity contribution is 5.37. The normalized spacial score (nSPS) is 20.9. The lowest BCUT2D eigenvalue weighted by Crippen LogP contribution is -2.42. The number of hydrogen-bond donors (Lipinski definition) is 2. The molecule has 0 spiro atoms. The highest BCUT2D eigenvalue weighted by Crippen LogP contribution is 2.22. The van der Waals surface area contributed by atoms with Crippen LogP contribution in [0.15, 0.2) is 18.3 Å². The Morgan fingerprint density at radius 3 is 2.81 bits per heavy atom. The van der Waals surface area contributed by atoms with Crippen LogP contribution in [0.5, 0.6) is 0 Å². The van der Waals surface area contributed by atoms with Crippen molar-refractivity contribution in [2.45, 2.75) is 31.9 Å². The summed E-state index contributed by atoms with van der Waals surface area (Å²) in [6.07, 6.45) is 3.40.